The second-order valence-corrected chi connectivity index (χ2v) is 4.08. The minimum absolute atomic E-state index is 0.224. The summed E-state index contributed by atoms with van der Waals surface area (Å²) < 4.78 is 13.2. The molecule has 0 saturated carbocycles. The molecule has 17 heavy (non-hydrogen) atoms. The summed E-state index contributed by atoms with van der Waals surface area (Å²) in [6.07, 6.45) is 0.684. The smallest absolute Gasteiger partial charge is 0.220 e. The van der Waals surface area contributed by atoms with Gasteiger partial charge in [0.25, 0.3) is 0 Å². The van der Waals surface area contributed by atoms with E-state index in [0.717, 1.165) is 11.1 Å². The van der Waals surface area contributed by atoms with E-state index >= 15 is 0 Å². The Bertz CT molecular complexity index is 541. The summed E-state index contributed by atoms with van der Waals surface area (Å²) in [6, 6.07) is 4.69. The molecule has 0 saturated heterocycles. The van der Waals surface area contributed by atoms with Gasteiger partial charge in [-0.3, -0.25) is 0 Å². The van der Waals surface area contributed by atoms with Crippen LogP contribution < -0.4 is 11.1 Å². The lowest BCUT2D eigenvalue weighted by molar-refractivity contribution is 0.602. The Balaban J connectivity index is 2.55. The first-order valence-electron chi connectivity index (χ1n) is 5.49. The number of nitrogen functional groups attached to an aromatic ring is 1. The van der Waals surface area contributed by atoms with Crippen molar-refractivity contribution in [2.45, 2.75) is 19.4 Å². The molecule has 0 amide bonds. The van der Waals surface area contributed by atoms with E-state index in [1.165, 1.54) is 12.1 Å². The summed E-state index contributed by atoms with van der Waals surface area (Å²) in [5, 5.41) is 3.84. The molecule has 0 fully saturated rings. The standard InChI is InChI=1S/C12H15FN4/c1-7(15-2)5-11-9-6-8(13)3-4-10(9)16-12(14)17-11/h3-4,6-7,15H,5H2,1-2H3,(H2,14,16,17). The highest BCUT2D eigenvalue weighted by Crippen LogP contribution is 2.19. The molecule has 0 aliphatic heterocycles. The quantitative estimate of drug-likeness (QED) is 0.844. The summed E-state index contributed by atoms with van der Waals surface area (Å²) in [7, 11) is 1.87. The highest BCUT2D eigenvalue weighted by atomic mass is 19.1. The summed E-state index contributed by atoms with van der Waals surface area (Å²) in [5.41, 5.74) is 7.09. The first kappa shape index (κ1) is 11.7. The molecular weight excluding hydrogens is 219 g/mol. The topological polar surface area (TPSA) is 63.8 Å². The molecular formula is C12H15FN4. The number of nitrogens with two attached hydrogens (primary N) is 1. The first-order valence-corrected chi connectivity index (χ1v) is 5.49. The van der Waals surface area contributed by atoms with Gasteiger partial charge >= 0.3 is 0 Å². The third kappa shape index (κ3) is 2.50. The van der Waals surface area contributed by atoms with Gasteiger partial charge in [0.1, 0.15) is 5.82 Å². The molecule has 0 aliphatic carbocycles. The van der Waals surface area contributed by atoms with E-state index in [-0.39, 0.29) is 17.8 Å². The fourth-order valence-electron chi connectivity index (χ4n) is 1.73. The molecule has 1 heterocycles. The molecule has 2 aromatic rings. The van der Waals surface area contributed by atoms with Crippen LogP contribution in [0.25, 0.3) is 10.9 Å². The fourth-order valence-corrected chi connectivity index (χ4v) is 1.73. The maximum atomic E-state index is 13.2. The van der Waals surface area contributed by atoms with Gasteiger partial charge < -0.3 is 11.1 Å². The lowest BCUT2D eigenvalue weighted by atomic mass is 10.1. The minimum Gasteiger partial charge on any atom is -0.368 e. The normalized spacial score (nSPS) is 12.9. The highest BCUT2D eigenvalue weighted by molar-refractivity contribution is 5.81. The Morgan fingerprint density at radius 1 is 1.41 bits per heavy atom. The maximum absolute atomic E-state index is 13.2. The van der Waals surface area contributed by atoms with Crippen molar-refractivity contribution in [3.63, 3.8) is 0 Å². The Labute approximate surface area is 99.1 Å². The van der Waals surface area contributed by atoms with Crippen molar-refractivity contribution in [1.82, 2.24) is 15.3 Å². The molecule has 1 aromatic heterocycles. The van der Waals surface area contributed by atoms with Crippen LogP contribution in [-0.2, 0) is 6.42 Å². The number of anilines is 1. The van der Waals surface area contributed by atoms with Crippen LogP contribution in [0.3, 0.4) is 0 Å². The summed E-state index contributed by atoms with van der Waals surface area (Å²) in [5.74, 6) is -0.0633. The number of hydrogen-bond donors (Lipinski definition) is 2. The van der Waals surface area contributed by atoms with Crippen LogP contribution in [0.15, 0.2) is 18.2 Å². The molecule has 0 spiro atoms. The molecule has 2 rings (SSSR count). The van der Waals surface area contributed by atoms with Gasteiger partial charge in [-0.05, 0) is 32.2 Å². The molecule has 3 N–H and O–H groups in total. The van der Waals surface area contributed by atoms with Crippen LogP contribution >= 0.6 is 0 Å². The van der Waals surface area contributed by atoms with E-state index in [1.807, 2.05) is 14.0 Å². The van der Waals surface area contributed by atoms with Crippen LogP contribution in [-0.4, -0.2) is 23.1 Å². The molecule has 1 atom stereocenters. The second kappa shape index (κ2) is 4.63. The predicted octanol–water partition coefficient (Wildman–Crippen LogP) is 1.50. The fraction of sp³-hybridized carbons (Fsp3) is 0.333. The number of fused-ring (bicyclic) bond motifs is 1. The number of rotatable bonds is 3. The summed E-state index contributed by atoms with van der Waals surface area (Å²) >= 11 is 0. The van der Waals surface area contributed by atoms with Crippen molar-refractivity contribution in [3.05, 3.63) is 29.7 Å². The van der Waals surface area contributed by atoms with Crippen molar-refractivity contribution in [2.24, 2.45) is 0 Å². The van der Waals surface area contributed by atoms with Crippen molar-refractivity contribution >= 4 is 16.9 Å². The number of benzene rings is 1. The summed E-state index contributed by atoms with van der Waals surface area (Å²) in [6.45, 7) is 2.03. The maximum Gasteiger partial charge on any atom is 0.220 e. The average molecular weight is 234 g/mol. The minimum atomic E-state index is -0.288. The van der Waals surface area contributed by atoms with Crippen LogP contribution in [0.1, 0.15) is 12.6 Å². The lowest BCUT2D eigenvalue weighted by Gasteiger charge is -2.11. The van der Waals surface area contributed by atoms with Crippen LogP contribution in [0.2, 0.25) is 0 Å². The van der Waals surface area contributed by atoms with Gasteiger partial charge in [-0.2, -0.15) is 0 Å². The monoisotopic (exact) mass is 234 g/mol. The lowest BCUT2D eigenvalue weighted by Crippen LogP contribution is -2.24. The van der Waals surface area contributed by atoms with Crippen molar-refractivity contribution in [3.8, 4) is 0 Å². The van der Waals surface area contributed by atoms with Gasteiger partial charge in [0.15, 0.2) is 0 Å². The van der Waals surface area contributed by atoms with Crippen molar-refractivity contribution in [1.29, 1.82) is 0 Å². The van der Waals surface area contributed by atoms with Gasteiger partial charge in [-0.15, -0.1) is 0 Å². The largest absolute Gasteiger partial charge is 0.368 e. The highest BCUT2D eigenvalue weighted by Gasteiger charge is 2.10. The molecule has 5 heteroatoms. The van der Waals surface area contributed by atoms with Gasteiger partial charge in [0, 0.05) is 17.8 Å². The van der Waals surface area contributed by atoms with Gasteiger partial charge in [0.05, 0.1) is 11.2 Å². The van der Waals surface area contributed by atoms with E-state index in [9.17, 15) is 4.39 Å². The second-order valence-electron chi connectivity index (χ2n) is 4.08. The molecule has 90 valence electrons. The molecule has 0 radical (unpaired) electrons. The molecule has 1 aromatic carbocycles. The third-order valence-electron chi connectivity index (χ3n) is 2.75. The van der Waals surface area contributed by atoms with Gasteiger partial charge in [-0.25, -0.2) is 14.4 Å². The average Bonchev–Trinajstić information content (AvgIpc) is 2.29. The number of halogens is 1. The van der Waals surface area contributed by atoms with Gasteiger partial charge in [0.2, 0.25) is 5.95 Å². The Morgan fingerprint density at radius 3 is 2.88 bits per heavy atom. The van der Waals surface area contributed by atoms with E-state index in [2.05, 4.69) is 15.3 Å². The Morgan fingerprint density at radius 2 is 2.18 bits per heavy atom. The predicted molar refractivity (Wildman–Crippen MR) is 66.1 cm³/mol. The SMILES string of the molecule is CNC(C)Cc1nc(N)nc2ccc(F)cc12. The number of likely N-dealkylation sites (N-methyl/N-ethyl adjacent to an activating group) is 1. The zero-order valence-electron chi connectivity index (χ0n) is 9.87. The van der Waals surface area contributed by atoms with Crippen molar-refractivity contribution < 1.29 is 4.39 Å². The molecule has 0 bridgehead atoms. The van der Waals surface area contributed by atoms with Crippen molar-refractivity contribution in [2.75, 3.05) is 12.8 Å². The molecule has 1 unspecified atom stereocenters. The Hall–Kier alpha value is -1.75. The van der Waals surface area contributed by atoms with E-state index in [4.69, 9.17) is 5.73 Å². The number of nitrogens with zero attached hydrogens (tertiary/aromatic N) is 2. The van der Waals surface area contributed by atoms with Gasteiger partial charge in [-0.1, -0.05) is 0 Å². The Kier molecular flexibility index (Phi) is 3.19. The van der Waals surface area contributed by atoms with E-state index in [0.29, 0.717) is 11.9 Å². The first-order chi connectivity index (χ1) is 8.10. The van der Waals surface area contributed by atoms with E-state index in [1.54, 1.807) is 6.07 Å². The number of aromatic nitrogens is 2. The molecule has 0 aliphatic rings. The van der Waals surface area contributed by atoms with Crippen LogP contribution in [0, 0.1) is 5.82 Å². The summed E-state index contributed by atoms with van der Waals surface area (Å²) in [4.78, 5) is 8.28. The number of nitrogens with one attached hydrogen (secondary N) is 1. The zero-order valence-corrected chi connectivity index (χ0v) is 9.87. The molecule has 4 nitrogen and oxygen atoms in total. The number of hydrogen-bond acceptors (Lipinski definition) is 4. The zero-order chi connectivity index (χ0) is 12.4. The third-order valence-corrected chi connectivity index (χ3v) is 2.75. The van der Waals surface area contributed by atoms with Crippen LogP contribution in [0.5, 0.6) is 0 Å². The van der Waals surface area contributed by atoms with E-state index < -0.39 is 0 Å². The van der Waals surface area contributed by atoms with Crippen LogP contribution in [0.4, 0.5) is 10.3 Å².